The van der Waals surface area contributed by atoms with Gasteiger partial charge in [0.1, 0.15) is 28.1 Å². The molecule has 0 spiro atoms. The first kappa shape index (κ1) is 14.6. The van der Waals surface area contributed by atoms with Gasteiger partial charge in [0.25, 0.3) is 0 Å². The molecule has 0 bridgehead atoms. The average Bonchev–Trinajstić information content (AvgIpc) is 2.42. The Bertz CT molecular complexity index is 664. The summed E-state index contributed by atoms with van der Waals surface area (Å²) in [6.07, 6.45) is 0. The topological polar surface area (TPSA) is 44.5 Å². The van der Waals surface area contributed by atoms with E-state index in [0.717, 1.165) is 0 Å². The highest BCUT2D eigenvalue weighted by Crippen LogP contribution is 2.31. The maximum atomic E-state index is 13.4. The summed E-state index contributed by atoms with van der Waals surface area (Å²) in [7, 11) is 1.53. The van der Waals surface area contributed by atoms with Crippen LogP contribution in [0.5, 0.6) is 17.2 Å². The summed E-state index contributed by atoms with van der Waals surface area (Å²) < 4.78 is 24.1. The van der Waals surface area contributed by atoms with Crippen LogP contribution in [0, 0.1) is 5.82 Å². The van der Waals surface area contributed by atoms with Crippen molar-refractivity contribution in [3.8, 4) is 17.2 Å². The highest BCUT2D eigenvalue weighted by Gasteiger charge is 2.10. The Morgan fingerprint density at radius 2 is 1.90 bits per heavy atom. The number of hydrogen-bond acceptors (Lipinski definition) is 3. The molecule has 0 saturated carbocycles. The summed E-state index contributed by atoms with van der Waals surface area (Å²) in [6, 6.07) is 9.17. The van der Waals surface area contributed by atoms with E-state index in [1.807, 2.05) is 0 Å². The smallest absolute Gasteiger partial charge is 0.145 e. The molecule has 0 aliphatic rings. The SMILES string of the molecule is COc1ccc(C(N)=S)c(Oc2ccc(Cl)c(F)c2)c1. The quantitative estimate of drug-likeness (QED) is 0.869. The molecule has 0 amide bonds. The molecule has 0 radical (unpaired) electrons. The van der Waals surface area contributed by atoms with E-state index in [9.17, 15) is 4.39 Å². The second kappa shape index (κ2) is 6.07. The Balaban J connectivity index is 2.40. The molecule has 2 rings (SSSR count). The van der Waals surface area contributed by atoms with Crippen LogP contribution in [0.3, 0.4) is 0 Å². The van der Waals surface area contributed by atoms with Crippen LogP contribution in [0.15, 0.2) is 36.4 Å². The second-order valence-electron chi connectivity index (χ2n) is 3.90. The highest BCUT2D eigenvalue weighted by atomic mass is 35.5. The van der Waals surface area contributed by atoms with E-state index in [4.69, 9.17) is 39.0 Å². The number of methoxy groups -OCH3 is 1. The third kappa shape index (κ3) is 3.18. The van der Waals surface area contributed by atoms with Crippen molar-refractivity contribution in [3.63, 3.8) is 0 Å². The maximum absolute atomic E-state index is 13.4. The molecule has 0 saturated heterocycles. The van der Waals surface area contributed by atoms with Crippen molar-refractivity contribution in [1.29, 1.82) is 0 Å². The Morgan fingerprint density at radius 1 is 1.20 bits per heavy atom. The Hall–Kier alpha value is -1.85. The maximum Gasteiger partial charge on any atom is 0.145 e. The lowest BCUT2D eigenvalue weighted by atomic mass is 10.2. The fourth-order valence-corrected chi connectivity index (χ4v) is 1.87. The lowest BCUT2D eigenvalue weighted by molar-refractivity contribution is 0.408. The minimum absolute atomic E-state index is 0.0255. The molecule has 0 heterocycles. The van der Waals surface area contributed by atoms with E-state index in [0.29, 0.717) is 17.1 Å². The summed E-state index contributed by atoms with van der Waals surface area (Å²) in [5.41, 5.74) is 6.17. The van der Waals surface area contributed by atoms with Gasteiger partial charge in [-0.05, 0) is 24.3 Å². The third-order valence-electron chi connectivity index (χ3n) is 2.57. The van der Waals surface area contributed by atoms with E-state index in [1.54, 1.807) is 24.3 Å². The predicted octanol–water partition coefficient (Wildman–Crippen LogP) is 3.91. The molecule has 0 unspecified atom stereocenters. The van der Waals surface area contributed by atoms with Crippen molar-refractivity contribution in [3.05, 3.63) is 52.8 Å². The summed E-state index contributed by atoms with van der Waals surface area (Å²) in [5, 5.41) is 0.0255. The number of benzene rings is 2. The molecule has 0 aliphatic heterocycles. The number of rotatable bonds is 4. The van der Waals surface area contributed by atoms with Crippen LogP contribution in [-0.4, -0.2) is 12.1 Å². The Morgan fingerprint density at radius 3 is 2.50 bits per heavy atom. The molecular formula is C14H11ClFNO2S. The van der Waals surface area contributed by atoms with Crippen LogP contribution in [-0.2, 0) is 0 Å². The third-order valence-corrected chi connectivity index (χ3v) is 3.10. The van der Waals surface area contributed by atoms with Crippen molar-refractivity contribution >= 4 is 28.8 Å². The molecule has 0 aromatic heterocycles. The fourth-order valence-electron chi connectivity index (χ4n) is 1.58. The number of halogens is 2. The molecule has 2 aromatic carbocycles. The fraction of sp³-hybridized carbons (Fsp3) is 0.0714. The predicted molar refractivity (Wildman–Crippen MR) is 80.4 cm³/mol. The molecule has 6 heteroatoms. The molecular weight excluding hydrogens is 301 g/mol. The number of hydrogen-bond donors (Lipinski definition) is 1. The van der Waals surface area contributed by atoms with Crippen molar-refractivity contribution < 1.29 is 13.9 Å². The van der Waals surface area contributed by atoms with E-state index >= 15 is 0 Å². The minimum atomic E-state index is -0.566. The van der Waals surface area contributed by atoms with Crippen molar-refractivity contribution in [2.75, 3.05) is 7.11 Å². The highest BCUT2D eigenvalue weighted by molar-refractivity contribution is 7.80. The number of thiocarbonyl (C=S) groups is 1. The summed E-state index contributed by atoms with van der Waals surface area (Å²) in [6.45, 7) is 0. The number of ether oxygens (including phenoxy) is 2. The van der Waals surface area contributed by atoms with E-state index in [1.165, 1.54) is 19.2 Å². The van der Waals surface area contributed by atoms with Gasteiger partial charge < -0.3 is 15.2 Å². The first-order valence-electron chi connectivity index (χ1n) is 5.62. The van der Waals surface area contributed by atoms with Crippen molar-refractivity contribution in [2.24, 2.45) is 5.73 Å². The van der Waals surface area contributed by atoms with Gasteiger partial charge in [-0.2, -0.15) is 0 Å². The zero-order valence-corrected chi connectivity index (χ0v) is 12.1. The van der Waals surface area contributed by atoms with Crippen LogP contribution < -0.4 is 15.2 Å². The van der Waals surface area contributed by atoms with Gasteiger partial charge in [0, 0.05) is 12.1 Å². The van der Waals surface area contributed by atoms with Crippen molar-refractivity contribution in [2.45, 2.75) is 0 Å². The standard InChI is InChI=1S/C14H11ClFNO2S/c1-18-8-2-4-10(14(17)20)13(7-8)19-9-3-5-11(15)12(16)6-9/h2-7H,1H3,(H2,17,20). The zero-order chi connectivity index (χ0) is 14.7. The first-order valence-corrected chi connectivity index (χ1v) is 6.40. The van der Waals surface area contributed by atoms with Gasteiger partial charge in [0.05, 0.1) is 17.7 Å². The van der Waals surface area contributed by atoms with Gasteiger partial charge in [-0.15, -0.1) is 0 Å². The minimum Gasteiger partial charge on any atom is -0.497 e. The molecule has 2 aromatic rings. The van der Waals surface area contributed by atoms with Crippen LogP contribution >= 0.6 is 23.8 Å². The van der Waals surface area contributed by atoms with Crippen LogP contribution in [0.25, 0.3) is 0 Å². The van der Waals surface area contributed by atoms with E-state index in [-0.39, 0.29) is 15.8 Å². The second-order valence-corrected chi connectivity index (χ2v) is 4.75. The van der Waals surface area contributed by atoms with Gasteiger partial charge in [0.15, 0.2) is 0 Å². The lowest BCUT2D eigenvalue weighted by Gasteiger charge is -2.12. The molecule has 20 heavy (non-hydrogen) atoms. The molecule has 0 atom stereocenters. The Labute approximate surface area is 126 Å². The Kier molecular flexibility index (Phi) is 4.42. The summed E-state index contributed by atoms with van der Waals surface area (Å²) in [5.74, 6) is 0.689. The van der Waals surface area contributed by atoms with Gasteiger partial charge >= 0.3 is 0 Å². The van der Waals surface area contributed by atoms with Gasteiger partial charge in [-0.1, -0.05) is 23.8 Å². The zero-order valence-electron chi connectivity index (χ0n) is 10.5. The molecule has 104 valence electrons. The van der Waals surface area contributed by atoms with Crippen LogP contribution in [0.2, 0.25) is 5.02 Å². The van der Waals surface area contributed by atoms with Crippen molar-refractivity contribution in [1.82, 2.24) is 0 Å². The van der Waals surface area contributed by atoms with Gasteiger partial charge in [-0.3, -0.25) is 0 Å². The average molecular weight is 312 g/mol. The monoisotopic (exact) mass is 311 g/mol. The normalized spacial score (nSPS) is 10.2. The lowest BCUT2D eigenvalue weighted by Crippen LogP contribution is -2.10. The molecule has 0 aliphatic carbocycles. The largest absolute Gasteiger partial charge is 0.497 e. The molecule has 0 fully saturated rings. The molecule has 2 N–H and O–H groups in total. The van der Waals surface area contributed by atoms with E-state index in [2.05, 4.69) is 0 Å². The number of nitrogens with two attached hydrogens (primary N) is 1. The van der Waals surface area contributed by atoms with Gasteiger partial charge in [0.2, 0.25) is 0 Å². The summed E-state index contributed by atoms with van der Waals surface area (Å²) in [4.78, 5) is 0.178. The molecule has 3 nitrogen and oxygen atoms in total. The summed E-state index contributed by atoms with van der Waals surface area (Å²) >= 11 is 10.6. The van der Waals surface area contributed by atoms with Gasteiger partial charge in [-0.25, -0.2) is 4.39 Å². The van der Waals surface area contributed by atoms with E-state index < -0.39 is 5.82 Å². The van der Waals surface area contributed by atoms with Crippen LogP contribution in [0.1, 0.15) is 5.56 Å². The van der Waals surface area contributed by atoms with Crippen LogP contribution in [0.4, 0.5) is 4.39 Å². The first-order chi connectivity index (χ1) is 9.51.